The average Bonchev–Trinajstić information content (AvgIpc) is 3.22. The van der Waals surface area contributed by atoms with Crippen LogP contribution in [0.2, 0.25) is 0 Å². The van der Waals surface area contributed by atoms with E-state index in [0.717, 1.165) is 18.9 Å². The molecule has 1 aliphatic heterocycles. The van der Waals surface area contributed by atoms with Gasteiger partial charge in [0.1, 0.15) is 0 Å². The quantitative estimate of drug-likeness (QED) is 0.807. The maximum absolute atomic E-state index is 4.77. The Bertz CT molecular complexity index is 474. The van der Waals surface area contributed by atoms with E-state index in [1.54, 1.807) is 0 Å². The molecule has 0 radical (unpaired) electrons. The molecule has 0 amide bonds. The Labute approximate surface area is 123 Å². The number of nitrogens with zero attached hydrogens (tertiary/aromatic N) is 2. The zero-order valence-electron chi connectivity index (χ0n) is 13.3. The summed E-state index contributed by atoms with van der Waals surface area (Å²) < 4.78 is 0. The van der Waals surface area contributed by atoms with E-state index >= 15 is 0 Å². The van der Waals surface area contributed by atoms with E-state index in [1.807, 2.05) is 0 Å². The Morgan fingerprint density at radius 3 is 2.85 bits per heavy atom. The molecule has 0 unspecified atom stereocenters. The second kappa shape index (κ2) is 5.48. The summed E-state index contributed by atoms with van der Waals surface area (Å²) in [6.07, 6.45) is 8.63. The molecule has 1 aliphatic carbocycles. The Balaban J connectivity index is 1.77. The molecule has 2 aliphatic rings. The highest BCUT2D eigenvalue weighted by atomic mass is 15.1. The SMILES string of the molecule is CCCC(C)(C)c1cnc2c(c1)CN(CC1CC1)CC2. The summed E-state index contributed by atoms with van der Waals surface area (Å²) >= 11 is 0. The van der Waals surface area contributed by atoms with Gasteiger partial charge >= 0.3 is 0 Å². The predicted molar refractivity (Wildman–Crippen MR) is 83.9 cm³/mol. The van der Waals surface area contributed by atoms with Gasteiger partial charge in [-0.05, 0) is 41.7 Å². The molecular formula is C18H28N2. The Morgan fingerprint density at radius 2 is 2.15 bits per heavy atom. The third-order valence-electron chi connectivity index (χ3n) is 4.99. The molecule has 0 saturated heterocycles. The molecule has 1 aromatic rings. The molecular weight excluding hydrogens is 244 g/mol. The molecule has 2 heteroatoms. The van der Waals surface area contributed by atoms with E-state index in [1.165, 1.54) is 55.6 Å². The zero-order chi connectivity index (χ0) is 14.2. The molecule has 0 bridgehead atoms. The van der Waals surface area contributed by atoms with Crippen LogP contribution in [0, 0.1) is 5.92 Å². The molecule has 20 heavy (non-hydrogen) atoms. The topological polar surface area (TPSA) is 16.1 Å². The lowest BCUT2D eigenvalue weighted by Gasteiger charge is -2.31. The number of rotatable bonds is 5. The van der Waals surface area contributed by atoms with Crippen LogP contribution < -0.4 is 0 Å². The lowest BCUT2D eigenvalue weighted by molar-refractivity contribution is 0.241. The summed E-state index contributed by atoms with van der Waals surface area (Å²) in [6, 6.07) is 2.44. The van der Waals surface area contributed by atoms with Crippen molar-refractivity contribution in [3.05, 3.63) is 29.1 Å². The summed E-state index contributed by atoms with van der Waals surface area (Å²) in [5.41, 5.74) is 4.51. The second-order valence-electron chi connectivity index (χ2n) is 7.39. The standard InChI is InChI=1S/C18H28N2/c1-4-8-18(2,3)16-10-15-13-20(12-14-5-6-14)9-7-17(15)19-11-16/h10-11,14H,4-9,12-13H2,1-3H3. The van der Waals surface area contributed by atoms with Gasteiger partial charge in [-0.25, -0.2) is 0 Å². The van der Waals surface area contributed by atoms with E-state index in [2.05, 4.69) is 37.9 Å². The fourth-order valence-corrected chi connectivity index (χ4v) is 3.45. The third kappa shape index (κ3) is 3.06. The van der Waals surface area contributed by atoms with Crippen LogP contribution in [0.5, 0.6) is 0 Å². The van der Waals surface area contributed by atoms with Crippen LogP contribution in [-0.4, -0.2) is 23.0 Å². The first kappa shape index (κ1) is 14.1. The van der Waals surface area contributed by atoms with Gasteiger partial charge in [0.25, 0.3) is 0 Å². The fraction of sp³-hybridized carbons (Fsp3) is 0.722. The Hall–Kier alpha value is -0.890. The van der Waals surface area contributed by atoms with Gasteiger partial charge < -0.3 is 0 Å². The van der Waals surface area contributed by atoms with E-state index < -0.39 is 0 Å². The third-order valence-corrected chi connectivity index (χ3v) is 4.99. The number of hydrogen-bond acceptors (Lipinski definition) is 2. The van der Waals surface area contributed by atoms with Crippen LogP contribution in [-0.2, 0) is 18.4 Å². The number of pyridine rings is 1. The lowest BCUT2D eigenvalue weighted by Crippen LogP contribution is -2.33. The molecule has 0 N–H and O–H groups in total. The van der Waals surface area contributed by atoms with Crippen LogP contribution in [0.15, 0.2) is 12.3 Å². The monoisotopic (exact) mass is 272 g/mol. The van der Waals surface area contributed by atoms with Gasteiger partial charge in [-0.2, -0.15) is 0 Å². The first-order valence-corrected chi connectivity index (χ1v) is 8.29. The van der Waals surface area contributed by atoms with Crippen molar-refractivity contribution in [2.24, 2.45) is 5.92 Å². The van der Waals surface area contributed by atoms with Crippen molar-refractivity contribution < 1.29 is 0 Å². The van der Waals surface area contributed by atoms with Crippen LogP contribution in [0.1, 0.15) is 63.3 Å². The van der Waals surface area contributed by atoms with Gasteiger partial charge in [0.15, 0.2) is 0 Å². The summed E-state index contributed by atoms with van der Waals surface area (Å²) in [5, 5.41) is 0. The maximum Gasteiger partial charge on any atom is 0.0461 e. The number of fused-ring (bicyclic) bond motifs is 1. The molecule has 1 saturated carbocycles. The van der Waals surface area contributed by atoms with E-state index in [9.17, 15) is 0 Å². The highest BCUT2D eigenvalue weighted by molar-refractivity contribution is 5.31. The lowest BCUT2D eigenvalue weighted by atomic mass is 9.80. The minimum Gasteiger partial charge on any atom is -0.298 e. The average molecular weight is 272 g/mol. The molecule has 110 valence electrons. The Morgan fingerprint density at radius 1 is 1.35 bits per heavy atom. The van der Waals surface area contributed by atoms with Gasteiger partial charge in [0.05, 0.1) is 0 Å². The highest BCUT2D eigenvalue weighted by Crippen LogP contribution is 2.33. The second-order valence-corrected chi connectivity index (χ2v) is 7.39. The van der Waals surface area contributed by atoms with Gasteiger partial charge in [0, 0.05) is 37.9 Å². The normalized spacial score (nSPS) is 19.9. The van der Waals surface area contributed by atoms with Crippen molar-refractivity contribution in [3.8, 4) is 0 Å². The van der Waals surface area contributed by atoms with Crippen LogP contribution in [0.3, 0.4) is 0 Å². The van der Waals surface area contributed by atoms with E-state index in [0.29, 0.717) is 0 Å². The van der Waals surface area contributed by atoms with E-state index in [-0.39, 0.29) is 5.41 Å². The van der Waals surface area contributed by atoms with Crippen molar-refractivity contribution in [3.63, 3.8) is 0 Å². The summed E-state index contributed by atoms with van der Waals surface area (Å²) in [4.78, 5) is 7.41. The summed E-state index contributed by atoms with van der Waals surface area (Å²) in [7, 11) is 0. The van der Waals surface area contributed by atoms with Crippen LogP contribution in [0.4, 0.5) is 0 Å². The molecule has 2 nitrogen and oxygen atoms in total. The fourth-order valence-electron chi connectivity index (χ4n) is 3.45. The van der Waals surface area contributed by atoms with Crippen LogP contribution in [0.25, 0.3) is 0 Å². The van der Waals surface area contributed by atoms with Crippen molar-refractivity contribution in [1.29, 1.82) is 0 Å². The molecule has 1 aromatic heterocycles. The summed E-state index contributed by atoms with van der Waals surface area (Å²) in [5.74, 6) is 0.990. The Kier molecular flexibility index (Phi) is 3.85. The van der Waals surface area contributed by atoms with Gasteiger partial charge in [-0.3, -0.25) is 9.88 Å². The van der Waals surface area contributed by atoms with E-state index in [4.69, 9.17) is 4.98 Å². The molecule has 0 aromatic carbocycles. The van der Waals surface area contributed by atoms with Gasteiger partial charge in [-0.1, -0.05) is 33.3 Å². The predicted octanol–water partition coefficient (Wildman–Crippen LogP) is 3.93. The molecule has 1 fully saturated rings. The molecule has 0 spiro atoms. The minimum atomic E-state index is 0.259. The molecule has 3 rings (SSSR count). The first-order valence-electron chi connectivity index (χ1n) is 8.29. The largest absolute Gasteiger partial charge is 0.298 e. The highest BCUT2D eigenvalue weighted by Gasteiger charge is 2.28. The van der Waals surface area contributed by atoms with Crippen molar-refractivity contribution in [2.45, 2.75) is 64.8 Å². The number of aromatic nitrogens is 1. The van der Waals surface area contributed by atoms with Crippen molar-refractivity contribution in [2.75, 3.05) is 13.1 Å². The zero-order valence-corrected chi connectivity index (χ0v) is 13.3. The molecule has 2 heterocycles. The molecule has 0 atom stereocenters. The van der Waals surface area contributed by atoms with Crippen LogP contribution >= 0.6 is 0 Å². The summed E-state index contributed by atoms with van der Waals surface area (Å²) in [6.45, 7) is 10.6. The smallest absolute Gasteiger partial charge is 0.0461 e. The van der Waals surface area contributed by atoms with Gasteiger partial charge in [0.2, 0.25) is 0 Å². The van der Waals surface area contributed by atoms with Crippen molar-refractivity contribution in [1.82, 2.24) is 9.88 Å². The maximum atomic E-state index is 4.77. The first-order chi connectivity index (χ1) is 9.58. The van der Waals surface area contributed by atoms with Crippen molar-refractivity contribution >= 4 is 0 Å². The van der Waals surface area contributed by atoms with Gasteiger partial charge in [-0.15, -0.1) is 0 Å². The minimum absolute atomic E-state index is 0.259. The number of hydrogen-bond donors (Lipinski definition) is 0.